The van der Waals surface area contributed by atoms with Gasteiger partial charge >= 0.3 is 0 Å². The highest BCUT2D eigenvalue weighted by Gasteiger charge is 2.26. The molecule has 0 saturated carbocycles. The lowest BCUT2D eigenvalue weighted by Gasteiger charge is -2.23. The van der Waals surface area contributed by atoms with E-state index in [0.717, 1.165) is 27.8 Å². The van der Waals surface area contributed by atoms with Crippen molar-refractivity contribution in [1.82, 2.24) is 19.5 Å². The molecule has 2 aromatic carbocycles. The largest absolute Gasteiger partial charge is 0.370 e. The molecule has 1 atom stereocenters. The first kappa shape index (κ1) is 13.0. The molecule has 5 rings (SSSR count). The Hall–Kier alpha value is -3.48. The maximum Gasteiger partial charge on any atom is 0.212 e. The van der Waals surface area contributed by atoms with E-state index in [1.165, 1.54) is 0 Å². The van der Waals surface area contributed by atoms with Crippen LogP contribution >= 0.6 is 0 Å². The van der Waals surface area contributed by atoms with Gasteiger partial charge in [-0.05, 0) is 24.3 Å². The number of nitrogens with one attached hydrogen (secondary N) is 1. The molecule has 4 aromatic rings. The molecule has 0 fully saturated rings. The number of nitrogens with zero attached hydrogens (tertiary/aromatic N) is 5. The summed E-state index contributed by atoms with van der Waals surface area (Å²) in [5.74, 6) is 0.974. The van der Waals surface area contributed by atoms with Crippen LogP contribution in [0.25, 0.3) is 22.1 Å². The van der Waals surface area contributed by atoms with E-state index >= 15 is 0 Å². The Morgan fingerprint density at radius 3 is 2.54 bits per heavy atom. The Morgan fingerprint density at radius 1 is 0.917 bits per heavy atom. The fourth-order valence-corrected chi connectivity index (χ4v) is 3.01. The van der Waals surface area contributed by atoms with Crippen LogP contribution in [0.5, 0.6) is 0 Å². The summed E-state index contributed by atoms with van der Waals surface area (Å²) in [5, 5.41) is 3.02. The Bertz CT molecular complexity index is 1110. The summed E-state index contributed by atoms with van der Waals surface area (Å²) in [4.78, 5) is 18.3. The minimum atomic E-state index is -0.397. The summed E-state index contributed by atoms with van der Waals surface area (Å²) in [6.07, 6.45) is 1.35. The average molecular weight is 315 g/mol. The number of aromatic nitrogens is 4. The van der Waals surface area contributed by atoms with Crippen LogP contribution < -0.4 is 11.1 Å². The smallest absolute Gasteiger partial charge is 0.212 e. The summed E-state index contributed by atoms with van der Waals surface area (Å²) in [6.45, 7) is 0. The van der Waals surface area contributed by atoms with E-state index in [0.29, 0.717) is 11.9 Å². The summed E-state index contributed by atoms with van der Waals surface area (Å²) >= 11 is 0. The molecule has 1 aliphatic rings. The van der Waals surface area contributed by atoms with Crippen molar-refractivity contribution in [2.45, 2.75) is 6.17 Å². The highest BCUT2D eigenvalue weighted by atomic mass is 15.4. The number of hydrogen-bond acceptors (Lipinski definition) is 6. The van der Waals surface area contributed by atoms with E-state index in [4.69, 9.17) is 10.7 Å². The lowest BCUT2D eigenvalue weighted by molar-refractivity contribution is 0.608. The normalized spacial score (nSPS) is 16.7. The predicted octanol–water partition coefficient (Wildman–Crippen LogP) is 2.27. The highest BCUT2D eigenvalue weighted by Crippen LogP contribution is 2.31. The van der Waals surface area contributed by atoms with Gasteiger partial charge in [-0.2, -0.15) is 0 Å². The molecule has 1 unspecified atom stereocenters. The molecule has 0 aliphatic carbocycles. The van der Waals surface area contributed by atoms with E-state index in [9.17, 15) is 0 Å². The van der Waals surface area contributed by atoms with Gasteiger partial charge in [-0.3, -0.25) is 14.9 Å². The number of guanidine groups is 1. The number of fused-ring (bicyclic) bond motifs is 4. The Labute approximate surface area is 136 Å². The van der Waals surface area contributed by atoms with Crippen molar-refractivity contribution in [2.24, 2.45) is 10.7 Å². The zero-order valence-electron chi connectivity index (χ0n) is 12.6. The Morgan fingerprint density at radius 2 is 1.67 bits per heavy atom. The van der Waals surface area contributed by atoms with Gasteiger partial charge in [-0.15, -0.1) is 0 Å². The third kappa shape index (κ3) is 1.84. The van der Waals surface area contributed by atoms with E-state index in [-0.39, 0.29) is 0 Å². The van der Waals surface area contributed by atoms with Gasteiger partial charge in [-0.1, -0.05) is 24.3 Å². The summed E-state index contributed by atoms with van der Waals surface area (Å²) in [7, 11) is 0. The van der Waals surface area contributed by atoms with Crippen molar-refractivity contribution in [3.05, 3.63) is 60.4 Å². The molecule has 0 bridgehead atoms. The fraction of sp³-hybridized carbons (Fsp3) is 0.0588. The van der Waals surface area contributed by atoms with Gasteiger partial charge in [0.2, 0.25) is 5.95 Å². The van der Waals surface area contributed by atoms with Crippen LogP contribution in [0.15, 0.2) is 59.7 Å². The second-order valence-corrected chi connectivity index (χ2v) is 5.59. The number of rotatable bonds is 1. The first-order valence-electron chi connectivity index (χ1n) is 7.58. The average Bonchev–Trinajstić information content (AvgIpc) is 2.98. The van der Waals surface area contributed by atoms with Gasteiger partial charge in [0.05, 0.1) is 28.3 Å². The first-order valence-corrected chi connectivity index (χ1v) is 7.58. The lowest BCUT2D eigenvalue weighted by atomic mass is 10.2. The predicted molar refractivity (Wildman–Crippen MR) is 92.7 cm³/mol. The maximum absolute atomic E-state index is 5.95. The third-order valence-corrected chi connectivity index (χ3v) is 4.07. The van der Waals surface area contributed by atoms with Crippen LogP contribution in [-0.4, -0.2) is 25.5 Å². The van der Waals surface area contributed by atoms with Gasteiger partial charge in [0.25, 0.3) is 0 Å². The topological polar surface area (TPSA) is 94.0 Å². The lowest BCUT2D eigenvalue weighted by Crippen LogP contribution is -2.31. The van der Waals surface area contributed by atoms with Crippen molar-refractivity contribution in [2.75, 3.05) is 5.32 Å². The second-order valence-electron chi connectivity index (χ2n) is 5.59. The van der Waals surface area contributed by atoms with Crippen molar-refractivity contribution in [3.63, 3.8) is 0 Å². The molecule has 0 radical (unpaired) electrons. The molecule has 7 heteroatoms. The van der Waals surface area contributed by atoms with Gasteiger partial charge in [0.15, 0.2) is 12.1 Å². The van der Waals surface area contributed by atoms with E-state index in [1.54, 1.807) is 6.20 Å². The molecular weight excluding hydrogens is 302 g/mol. The Kier molecular flexibility index (Phi) is 2.58. The summed E-state index contributed by atoms with van der Waals surface area (Å²) in [5.41, 5.74) is 10.2. The molecule has 7 nitrogen and oxygen atoms in total. The number of hydrogen-bond donors (Lipinski definition) is 2. The molecule has 24 heavy (non-hydrogen) atoms. The zero-order valence-corrected chi connectivity index (χ0v) is 12.6. The standard InChI is InChI=1S/C17H13N7/c18-16-22-15(13-9-19-10-5-1-2-6-11(10)20-13)24-14-8-4-3-7-12(14)21-17(24)23-16/h1-9,15H,(H3,18,21,22,23). The number of imidazole rings is 1. The molecular formula is C17H13N7. The summed E-state index contributed by atoms with van der Waals surface area (Å²) < 4.78 is 1.99. The van der Waals surface area contributed by atoms with Gasteiger partial charge in [0.1, 0.15) is 5.69 Å². The van der Waals surface area contributed by atoms with Crippen LogP contribution in [0.1, 0.15) is 11.9 Å². The van der Waals surface area contributed by atoms with Crippen LogP contribution in [-0.2, 0) is 0 Å². The third-order valence-electron chi connectivity index (χ3n) is 4.07. The van der Waals surface area contributed by atoms with Gasteiger partial charge in [-0.25, -0.2) is 15.0 Å². The van der Waals surface area contributed by atoms with Crippen LogP contribution in [0.4, 0.5) is 5.95 Å². The quantitative estimate of drug-likeness (QED) is 0.562. The number of para-hydroxylation sites is 4. The molecule has 0 spiro atoms. The van der Waals surface area contributed by atoms with Crippen LogP contribution in [0.2, 0.25) is 0 Å². The monoisotopic (exact) mass is 315 g/mol. The van der Waals surface area contributed by atoms with E-state index in [2.05, 4.69) is 20.3 Å². The number of nitrogens with two attached hydrogens (primary N) is 1. The number of aliphatic imine (C=N–C) groups is 1. The van der Waals surface area contributed by atoms with E-state index in [1.807, 2.05) is 53.1 Å². The van der Waals surface area contributed by atoms with Crippen molar-refractivity contribution in [1.29, 1.82) is 0 Å². The van der Waals surface area contributed by atoms with Crippen molar-refractivity contribution < 1.29 is 0 Å². The first-order chi connectivity index (χ1) is 11.8. The molecule has 2 aromatic heterocycles. The minimum Gasteiger partial charge on any atom is -0.370 e. The molecule has 3 heterocycles. The van der Waals surface area contributed by atoms with Crippen LogP contribution in [0, 0.1) is 0 Å². The van der Waals surface area contributed by atoms with E-state index < -0.39 is 6.17 Å². The summed E-state index contributed by atoms with van der Waals surface area (Å²) in [6, 6.07) is 15.7. The van der Waals surface area contributed by atoms with Crippen LogP contribution in [0.3, 0.4) is 0 Å². The molecule has 3 N–H and O–H groups in total. The second kappa shape index (κ2) is 4.76. The Balaban J connectivity index is 1.76. The zero-order chi connectivity index (χ0) is 16.1. The minimum absolute atomic E-state index is 0.317. The van der Waals surface area contributed by atoms with Crippen molar-refractivity contribution >= 4 is 34.0 Å². The molecule has 0 amide bonds. The number of anilines is 1. The molecule has 1 aliphatic heterocycles. The molecule has 116 valence electrons. The van der Waals surface area contributed by atoms with Gasteiger partial charge in [0, 0.05) is 0 Å². The fourth-order valence-electron chi connectivity index (χ4n) is 3.01. The van der Waals surface area contributed by atoms with Crippen molar-refractivity contribution in [3.8, 4) is 0 Å². The highest BCUT2D eigenvalue weighted by molar-refractivity contribution is 5.94. The molecule has 0 saturated heterocycles. The number of benzene rings is 2. The maximum atomic E-state index is 5.95. The van der Waals surface area contributed by atoms with Gasteiger partial charge < -0.3 is 5.73 Å². The SMILES string of the molecule is NC1=NC(c2cnc3ccccc3n2)n2c(nc3ccccc32)N1.